The van der Waals surface area contributed by atoms with E-state index in [9.17, 15) is 5.11 Å². The lowest BCUT2D eigenvalue weighted by Crippen LogP contribution is -2.40. The third kappa shape index (κ3) is 5.14. The van der Waals surface area contributed by atoms with Gasteiger partial charge < -0.3 is 10.4 Å². The summed E-state index contributed by atoms with van der Waals surface area (Å²) < 4.78 is 1.83. The first kappa shape index (κ1) is 15.1. The molecule has 5 nitrogen and oxygen atoms in total. The molecule has 1 aromatic heterocycles. The van der Waals surface area contributed by atoms with Crippen molar-refractivity contribution in [3.05, 3.63) is 12.2 Å². The summed E-state index contributed by atoms with van der Waals surface area (Å²) in [6.45, 7) is 11.8. The Labute approximate surface area is 110 Å². The molecule has 0 aliphatic rings. The van der Waals surface area contributed by atoms with Gasteiger partial charge in [-0.15, -0.1) is 0 Å². The molecule has 1 rings (SSSR count). The fraction of sp³-hybridized carbons (Fsp3) is 0.846. The summed E-state index contributed by atoms with van der Waals surface area (Å²) in [4.78, 5) is 4.20. The van der Waals surface area contributed by atoms with E-state index in [1.54, 1.807) is 6.33 Å². The predicted molar refractivity (Wildman–Crippen MR) is 72.4 cm³/mol. The Morgan fingerprint density at radius 2 is 2.00 bits per heavy atom. The van der Waals surface area contributed by atoms with Crippen molar-refractivity contribution in [2.45, 2.75) is 65.1 Å². The predicted octanol–water partition coefficient (Wildman–Crippen LogP) is 1.37. The van der Waals surface area contributed by atoms with E-state index in [-0.39, 0.29) is 5.54 Å². The van der Waals surface area contributed by atoms with Gasteiger partial charge in [-0.3, -0.25) is 4.68 Å². The SMILES string of the molecule is CCn1ncnc1CC(C)(O)CCNC(C)(C)C. The molecule has 1 aromatic rings. The van der Waals surface area contributed by atoms with Crippen molar-refractivity contribution in [3.8, 4) is 0 Å². The monoisotopic (exact) mass is 254 g/mol. The zero-order valence-electron chi connectivity index (χ0n) is 12.2. The lowest BCUT2D eigenvalue weighted by atomic mass is 9.97. The first-order valence-electron chi connectivity index (χ1n) is 6.57. The molecule has 104 valence electrons. The van der Waals surface area contributed by atoms with Gasteiger partial charge in [0.1, 0.15) is 12.2 Å². The van der Waals surface area contributed by atoms with E-state index in [1.165, 1.54) is 0 Å². The zero-order chi connectivity index (χ0) is 13.8. The molecule has 0 bridgehead atoms. The summed E-state index contributed by atoms with van der Waals surface area (Å²) in [6, 6.07) is 0. The van der Waals surface area contributed by atoms with Crippen LogP contribution in [0.15, 0.2) is 6.33 Å². The molecule has 0 amide bonds. The van der Waals surface area contributed by atoms with Gasteiger partial charge in [-0.25, -0.2) is 4.98 Å². The minimum absolute atomic E-state index is 0.0829. The second kappa shape index (κ2) is 5.80. The fourth-order valence-electron chi connectivity index (χ4n) is 1.82. The molecule has 5 heteroatoms. The average molecular weight is 254 g/mol. The zero-order valence-corrected chi connectivity index (χ0v) is 12.2. The van der Waals surface area contributed by atoms with Crippen LogP contribution < -0.4 is 5.32 Å². The average Bonchev–Trinajstić information content (AvgIpc) is 2.61. The maximum atomic E-state index is 10.4. The molecular weight excluding hydrogens is 228 g/mol. The van der Waals surface area contributed by atoms with Crippen LogP contribution in [0, 0.1) is 0 Å². The van der Waals surface area contributed by atoms with Crippen LogP contribution in [-0.4, -0.2) is 37.6 Å². The number of nitrogens with one attached hydrogen (secondary N) is 1. The van der Waals surface area contributed by atoms with E-state index in [1.807, 2.05) is 18.5 Å². The lowest BCUT2D eigenvalue weighted by molar-refractivity contribution is 0.0469. The van der Waals surface area contributed by atoms with Crippen molar-refractivity contribution < 1.29 is 5.11 Å². The molecule has 1 unspecified atom stereocenters. The first-order valence-corrected chi connectivity index (χ1v) is 6.57. The summed E-state index contributed by atoms with van der Waals surface area (Å²) in [6.07, 6.45) is 2.77. The van der Waals surface area contributed by atoms with Gasteiger partial charge in [-0.05, 0) is 47.6 Å². The minimum Gasteiger partial charge on any atom is -0.390 e. The van der Waals surface area contributed by atoms with E-state index < -0.39 is 5.60 Å². The number of hydrogen-bond acceptors (Lipinski definition) is 4. The minimum atomic E-state index is -0.752. The Hall–Kier alpha value is -0.940. The Balaban J connectivity index is 2.49. The Morgan fingerprint density at radius 1 is 1.33 bits per heavy atom. The molecule has 1 heterocycles. The van der Waals surface area contributed by atoms with Gasteiger partial charge >= 0.3 is 0 Å². The van der Waals surface area contributed by atoms with E-state index in [0.717, 1.165) is 18.9 Å². The summed E-state index contributed by atoms with van der Waals surface area (Å²) in [5.74, 6) is 0.846. The Morgan fingerprint density at radius 3 is 2.56 bits per heavy atom. The highest BCUT2D eigenvalue weighted by molar-refractivity contribution is 4.93. The molecule has 0 saturated heterocycles. The van der Waals surface area contributed by atoms with E-state index in [0.29, 0.717) is 12.8 Å². The maximum Gasteiger partial charge on any atom is 0.138 e. The number of rotatable bonds is 6. The van der Waals surface area contributed by atoms with Gasteiger partial charge in [0, 0.05) is 18.5 Å². The normalized spacial score (nSPS) is 15.7. The molecule has 18 heavy (non-hydrogen) atoms. The molecule has 0 saturated carbocycles. The van der Waals surface area contributed by atoms with Crippen LogP contribution in [0.5, 0.6) is 0 Å². The molecule has 1 atom stereocenters. The highest BCUT2D eigenvalue weighted by atomic mass is 16.3. The molecule has 0 aliphatic heterocycles. The van der Waals surface area contributed by atoms with E-state index in [4.69, 9.17) is 0 Å². The number of aromatic nitrogens is 3. The lowest BCUT2D eigenvalue weighted by Gasteiger charge is -2.26. The van der Waals surface area contributed by atoms with Crippen molar-refractivity contribution in [2.24, 2.45) is 0 Å². The van der Waals surface area contributed by atoms with Crippen LogP contribution in [0.1, 0.15) is 46.9 Å². The summed E-state index contributed by atoms with van der Waals surface area (Å²) in [5.41, 5.74) is -0.669. The highest BCUT2D eigenvalue weighted by Crippen LogP contribution is 2.15. The Bertz CT molecular complexity index is 365. The number of hydrogen-bond donors (Lipinski definition) is 2. The van der Waals surface area contributed by atoms with Gasteiger partial charge in [-0.1, -0.05) is 0 Å². The van der Waals surface area contributed by atoms with Crippen LogP contribution in [0.3, 0.4) is 0 Å². The quantitative estimate of drug-likeness (QED) is 0.805. The van der Waals surface area contributed by atoms with Crippen molar-refractivity contribution >= 4 is 0 Å². The third-order valence-electron chi connectivity index (χ3n) is 2.85. The summed E-state index contributed by atoms with van der Waals surface area (Å²) in [7, 11) is 0. The summed E-state index contributed by atoms with van der Waals surface area (Å²) >= 11 is 0. The molecular formula is C13H26N4O. The van der Waals surface area contributed by atoms with Gasteiger partial charge in [-0.2, -0.15) is 5.10 Å². The smallest absolute Gasteiger partial charge is 0.138 e. The van der Waals surface area contributed by atoms with Crippen molar-refractivity contribution in [1.82, 2.24) is 20.1 Å². The first-order chi connectivity index (χ1) is 8.23. The van der Waals surface area contributed by atoms with E-state index in [2.05, 4.69) is 36.2 Å². The fourth-order valence-corrected chi connectivity index (χ4v) is 1.82. The van der Waals surface area contributed by atoms with Crippen molar-refractivity contribution in [3.63, 3.8) is 0 Å². The molecule has 0 aromatic carbocycles. The van der Waals surface area contributed by atoms with E-state index >= 15 is 0 Å². The topological polar surface area (TPSA) is 63.0 Å². The molecule has 0 radical (unpaired) electrons. The van der Waals surface area contributed by atoms with Crippen LogP contribution in [0.25, 0.3) is 0 Å². The van der Waals surface area contributed by atoms with Gasteiger partial charge in [0.2, 0.25) is 0 Å². The number of aliphatic hydroxyl groups is 1. The van der Waals surface area contributed by atoms with Gasteiger partial charge in [0.05, 0.1) is 5.60 Å². The van der Waals surface area contributed by atoms with Crippen LogP contribution in [-0.2, 0) is 13.0 Å². The van der Waals surface area contributed by atoms with Gasteiger partial charge in [0.15, 0.2) is 0 Å². The van der Waals surface area contributed by atoms with Crippen molar-refractivity contribution in [2.75, 3.05) is 6.54 Å². The Kier molecular flexibility index (Phi) is 4.87. The molecule has 2 N–H and O–H groups in total. The highest BCUT2D eigenvalue weighted by Gasteiger charge is 2.24. The molecule has 0 spiro atoms. The third-order valence-corrected chi connectivity index (χ3v) is 2.85. The van der Waals surface area contributed by atoms with Crippen LogP contribution in [0.4, 0.5) is 0 Å². The number of aryl methyl sites for hydroxylation is 1. The largest absolute Gasteiger partial charge is 0.390 e. The number of nitrogens with zero attached hydrogens (tertiary/aromatic N) is 3. The molecule has 0 fully saturated rings. The molecule has 0 aliphatic carbocycles. The van der Waals surface area contributed by atoms with Crippen molar-refractivity contribution in [1.29, 1.82) is 0 Å². The second-order valence-corrected chi connectivity index (χ2v) is 6.09. The maximum absolute atomic E-state index is 10.4. The van der Waals surface area contributed by atoms with Crippen LogP contribution >= 0.6 is 0 Å². The standard InChI is InChI=1S/C13H26N4O/c1-6-17-11(14-10-16-17)9-13(5,18)7-8-15-12(2,3)4/h10,15,18H,6-9H2,1-5H3. The summed E-state index contributed by atoms with van der Waals surface area (Å²) in [5, 5.41) is 17.9. The van der Waals surface area contributed by atoms with Crippen LogP contribution in [0.2, 0.25) is 0 Å². The second-order valence-electron chi connectivity index (χ2n) is 6.09. The van der Waals surface area contributed by atoms with Gasteiger partial charge in [0.25, 0.3) is 0 Å².